The molecule has 0 atom stereocenters. The predicted molar refractivity (Wildman–Crippen MR) is 37.2 cm³/mol. The summed E-state index contributed by atoms with van der Waals surface area (Å²) in [4.78, 5) is 0. The highest BCUT2D eigenvalue weighted by Gasteiger charge is 2.59. The molecule has 0 spiro atoms. The second-order valence-corrected chi connectivity index (χ2v) is 2.28. The first kappa shape index (κ1) is 14.2. The molecule has 0 aliphatic heterocycles. The van der Waals surface area contributed by atoms with Crippen LogP contribution in [0.3, 0.4) is 0 Å². The van der Waals surface area contributed by atoms with E-state index in [0.29, 0.717) is 0 Å². The molecule has 76 valence electrons. The molecule has 0 saturated heterocycles. The summed E-state index contributed by atoms with van der Waals surface area (Å²) in [6, 6.07) is 0. The first-order valence-corrected chi connectivity index (χ1v) is 3.64. The van der Waals surface area contributed by atoms with E-state index in [-0.39, 0.29) is 0 Å². The Morgan fingerprint density at radius 3 is 1.08 bits per heavy atom. The van der Waals surface area contributed by atoms with E-state index in [0.717, 1.165) is 13.8 Å². The van der Waals surface area contributed by atoms with Crippen molar-refractivity contribution in [1.82, 2.24) is 0 Å². The van der Waals surface area contributed by atoms with Crippen LogP contribution in [0.1, 0.15) is 27.7 Å². The fraction of sp³-hybridized carbons (Fsp3) is 1.00. The fourth-order valence-electron chi connectivity index (χ4n) is 0.327. The number of hydrogen-bond donors (Lipinski definition) is 0. The summed E-state index contributed by atoms with van der Waals surface area (Å²) in [5, 5.41) is 0. The Morgan fingerprint density at radius 2 is 1.08 bits per heavy atom. The zero-order chi connectivity index (χ0) is 10.6. The average Bonchev–Trinajstić information content (AvgIpc) is 1.89. The Morgan fingerprint density at radius 1 is 0.833 bits per heavy atom. The van der Waals surface area contributed by atoms with E-state index in [1.54, 1.807) is 0 Å². The van der Waals surface area contributed by atoms with E-state index >= 15 is 0 Å². The molecule has 0 heterocycles. The fourth-order valence-corrected chi connectivity index (χ4v) is 0.327. The Balaban J connectivity index is 0. The van der Waals surface area contributed by atoms with Gasteiger partial charge in [0.1, 0.15) is 0 Å². The van der Waals surface area contributed by atoms with Crippen LogP contribution in [0.25, 0.3) is 0 Å². The molecule has 0 unspecified atom stereocenters. The second-order valence-electron chi connectivity index (χ2n) is 2.28. The maximum absolute atomic E-state index is 11.9. The van der Waals surface area contributed by atoms with Crippen LogP contribution in [-0.2, 0) is 0 Å². The van der Waals surface area contributed by atoms with Crippen molar-refractivity contribution in [2.45, 2.75) is 39.8 Å². The van der Waals surface area contributed by atoms with E-state index in [1.165, 1.54) is 0 Å². The molecule has 0 radical (unpaired) electrons. The van der Waals surface area contributed by atoms with Crippen LogP contribution in [-0.4, -0.2) is 12.1 Å². The van der Waals surface area contributed by atoms with Crippen LogP contribution in [0.15, 0.2) is 0 Å². The van der Waals surface area contributed by atoms with Crippen molar-refractivity contribution in [3.05, 3.63) is 0 Å². The largest absolute Gasteiger partial charge is 0.453 e. The zero-order valence-corrected chi connectivity index (χ0v) is 7.47. The summed E-state index contributed by atoms with van der Waals surface area (Å²) in [6.45, 7) is 5.65. The summed E-state index contributed by atoms with van der Waals surface area (Å²) < 4.78 is 57.9. The van der Waals surface area contributed by atoms with Gasteiger partial charge in [-0.2, -0.15) is 22.0 Å². The zero-order valence-electron chi connectivity index (χ0n) is 7.47. The molecule has 0 bridgehead atoms. The van der Waals surface area contributed by atoms with Gasteiger partial charge in [0, 0.05) is 5.92 Å². The van der Waals surface area contributed by atoms with Gasteiger partial charge in [-0.3, -0.25) is 0 Å². The lowest BCUT2D eigenvalue weighted by Gasteiger charge is -2.22. The van der Waals surface area contributed by atoms with E-state index < -0.39 is 18.0 Å². The number of hydrogen-bond acceptors (Lipinski definition) is 0. The number of alkyl halides is 5. The van der Waals surface area contributed by atoms with Gasteiger partial charge in [-0.25, -0.2) is 0 Å². The molecule has 0 nitrogen and oxygen atoms in total. The van der Waals surface area contributed by atoms with Gasteiger partial charge in [0.15, 0.2) is 0 Å². The van der Waals surface area contributed by atoms with Gasteiger partial charge in [-0.1, -0.05) is 27.7 Å². The molecule has 12 heavy (non-hydrogen) atoms. The average molecular weight is 192 g/mol. The van der Waals surface area contributed by atoms with Gasteiger partial charge in [0.05, 0.1) is 0 Å². The van der Waals surface area contributed by atoms with Crippen molar-refractivity contribution in [2.75, 3.05) is 0 Å². The lowest BCUT2D eigenvalue weighted by atomic mass is 10.1. The lowest BCUT2D eigenvalue weighted by Crippen LogP contribution is -2.40. The van der Waals surface area contributed by atoms with Crippen LogP contribution in [0.5, 0.6) is 0 Å². The number of rotatable bonds is 1. The Bertz CT molecular complexity index is 113. The monoisotopic (exact) mass is 192 g/mol. The quantitative estimate of drug-likeness (QED) is 0.553. The SMILES string of the molecule is CC.CC(C)C(F)(F)C(F)(F)F. The minimum absolute atomic E-state index is 0.827. The molecule has 0 aromatic carbocycles. The number of halogens is 5. The third-order valence-electron chi connectivity index (χ3n) is 1.10. The van der Waals surface area contributed by atoms with Gasteiger partial charge >= 0.3 is 12.1 Å². The Kier molecular flexibility index (Phi) is 5.46. The van der Waals surface area contributed by atoms with Gasteiger partial charge in [-0.15, -0.1) is 0 Å². The minimum atomic E-state index is -5.42. The van der Waals surface area contributed by atoms with Crippen LogP contribution < -0.4 is 0 Å². The summed E-state index contributed by atoms with van der Waals surface area (Å²) in [7, 11) is 0. The highest BCUT2D eigenvalue weighted by atomic mass is 19.4. The summed E-state index contributed by atoms with van der Waals surface area (Å²) in [5.74, 6) is -6.26. The smallest absolute Gasteiger partial charge is 0.196 e. The Labute approximate surface area is 68.8 Å². The molecule has 0 rings (SSSR count). The van der Waals surface area contributed by atoms with Gasteiger partial charge in [0.2, 0.25) is 0 Å². The standard InChI is InChI=1S/C5H7F5.C2H6/c1-3(2)4(6,7)5(8,9)10;1-2/h3H,1-2H3;1-2H3. The van der Waals surface area contributed by atoms with Crippen LogP contribution in [0.2, 0.25) is 0 Å². The van der Waals surface area contributed by atoms with Crippen molar-refractivity contribution in [2.24, 2.45) is 5.92 Å². The van der Waals surface area contributed by atoms with E-state index in [9.17, 15) is 22.0 Å². The molecule has 0 aliphatic rings. The van der Waals surface area contributed by atoms with Crippen LogP contribution >= 0.6 is 0 Å². The molecule has 0 aromatic heterocycles. The van der Waals surface area contributed by atoms with Crippen molar-refractivity contribution in [1.29, 1.82) is 0 Å². The molecule has 0 aliphatic carbocycles. The molecule has 0 fully saturated rings. The molecular weight excluding hydrogens is 179 g/mol. The third-order valence-corrected chi connectivity index (χ3v) is 1.10. The second kappa shape index (κ2) is 4.62. The van der Waals surface area contributed by atoms with Crippen LogP contribution in [0, 0.1) is 5.92 Å². The predicted octanol–water partition coefficient (Wildman–Crippen LogP) is 3.87. The van der Waals surface area contributed by atoms with Crippen molar-refractivity contribution in [3.8, 4) is 0 Å². The summed E-state index contributed by atoms with van der Waals surface area (Å²) in [6.07, 6.45) is -5.42. The van der Waals surface area contributed by atoms with E-state index in [2.05, 4.69) is 0 Å². The van der Waals surface area contributed by atoms with Crippen molar-refractivity contribution >= 4 is 0 Å². The van der Waals surface area contributed by atoms with Gasteiger partial charge < -0.3 is 0 Å². The summed E-state index contributed by atoms with van der Waals surface area (Å²) in [5.41, 5.74) is 0. The van der Waals surface area contributed by atoms with Crippen molar-refractivity contribution in [3.63, 3.8) is 0 Å². The summed E-state index contributed by atoms with van der Waals surface area (Å²) >= 11 is 0. The molecule has 0 amide bonds. The topological polar surface area (TPSA) is 0 Å². The highest BCUT2D eigenvalue weighted by molar-refractivity contribution is 4.78. The molecule has 0 aromatic rings. The van der Waals surface area contributed by atoms with Gasteiger partial charge in [-0.05, 0) is 0 Å². The van der Waals surface area contributed by atoms with Gasteiger partial charge in [0.25, 0.3) is 0 Å². The normalized spacial score (nSPS) is 12.5. The lowest BCUT2D eigenvalue weighted by molar-refractivity contribution is -0.298. The molecule has 0 saturated carbocycles. The third kappa shape index (κ3) is 3.36. The maximum Gasteiger partial charge on any atom is 0.453 e. The Hall–Kier alpha value is -0.350. The molecular formula is C7H13F5. The minimum Gasteiger partial charge on any atom is -0.196 e. The van der Waals surface area contributed by atoms with E-state index in [4.69, 9.17) is 0 Å². The molecule has 0 N–H and O–H groups in total. The van der Waals surface area contributed by atoms with Crippen LogP contribution in [0.4, 0.5) is 22.0 Å². The van der Waals surface area contributed by atoms with Crippen molar-refractivity contribution < 1.29 is 22.0 Å². The van der Waals surface area contributed by atoms with E-state index in [1.807, 2.05) is 13.8 Å². The maximum atomic E-state index is 11.9. The first-order valence-electron chi connectivity index (χ1n) is 3.64. The first-order chi connectivity index (χ1) is 5.19. The highest BCUT2D eigenvalue weighted by Crippen LogP contribution is 2.40. The molecule has 5 heteroatoms.